The summed E-state index contributed by atoms with van der Waals surface area (Å²) in [6.45, 7) is -0.664. The van der Waals surface area contributed by atoms with Gasteiger partial charge in [0.15, 0.2) is 10.8 Å². The zero-order chi connectivity index (χ0) is 27.4. The first kappa shape index (κ1) is 28.1. The largest absolute Gasteiger partial charge is 0.480 e. The van der Waals surface area contributed by atoms with Gasteiger partial charge in [0.2, 0.25) is 10.0 Å². The van der Waals surface area contributed by atoms with Crippen LogP contribution in [-0.2, 0) is 24.3 Å². The van der Waals surface area contributed by atoms with Crippen LogP contribution in [0.25, 0.3) is 0 Å². The number of methoxy groups -OCH3 is 1. The number of aliphatic imine (C=N–C) groups is 1. The van der Waals surface area contributed by atoms with Crippen molar-refractivity contribution < 1.29 is 32.2 Å². The van der Waals surface area contributed by atoms with Gasteiger partial charge in [0.05, 0.1) is 18.4 Å². The van der Waals surface area contributed by atoms with Crippen LogP contribution in [0.15, 0.2) is 46.0 Å². The summed E-state index contributed by atoms with van der Waals surface area (Å²) < 4.78 is 45.6. The second-order valence-corrected chi connectivity index (χ2v) is 12.2. The highest BCUT2D eigenvalue weighted by molar-refractivity contribution is 7.89. The van der Waals surface area contributed by atoms with Crippen LogP contribution in [0.1, 0.15) is 42.3 Å². The van der Waals surface area contributed by atoms with E-state index in [0.717, 1.165) is 6.07 Å². The molecule has 2 aliphatic rings. The number of nitrogens with one attached hydrogen (secondary N) is 2. The molecule has 4 rings (SSSR count). The number of aromatic nitrogens is 1. The van der Waals surface area contributed by atoms with Crippen molar-refractivity contribution >= 4 is 50.7 Å². The van der Waals surface area contributed by atoms with Crippen LogP contribution in [0.5, 0.6) is 0 Å². The Balaban J connectivity index is 1.65. The molecule has 1 unspecified atom stereocenters. The van der Waals surface area contributed by atoms with Crippen LogP contribution in [0.4, 0.5) is 4.39 Å². The van der Waals surface area contributed by atoms with E-state index in [1.165, 1.54) is 30.6 Å². The topological polar surface area (TPSA) is 147 Å². The van der Waals surface area contributed by atoms with Gasteiger partial charge in [0.1, 0.15) is 18.4 Å². The van der Waals surface area contributed by atoms with E-state index in [9.17, 15) is 22.4 Å². The zero-order valence-electron chi connectivity index (χ0n) is 20.3. The van der Waals surface area contributed by atoms with Crippen LogP contribution in [0, 0.1) is 17.7 Å². The molecule has 0 spiro atoms. The summed E-state index contributed by atoms with van der Waals surface area (Å²) in [4.78, 5) is 32.9. The van der Waals surface area contributed by atoms with Crippen molar-refractivity contribution in [2.24, 2.45) is 16.8 Å². The quantitative estimate of drug-likeness (QED) is 0.381. The fourth-order valence-corrected chi connectivity index (χ4v) is 7.05. The molecule has 204 valence electrons. The molecule has 0 amide bonds. The molecule has 0 radical (unpaired) electrons. The Morgan fingerprint density at radius 3 is 2.63 bits per heavy atom. The molecule has 1 aromatic heterocycles. The maximum absolute atomic E-state index is 13.8. The van der Waals surface area contributed by atoms with Gasteiger partial charge in [0.25, 0.3) is 0 Å². The number of thiazole rings is 1. The Bertz CT molecular complexity index is 1370. The predicted molar refractivity (Wildman–Crippen MR) is 140 cm³/mol. The number of benzene rings is 1. The third-order valence-corrected chi connectivity index (χ3v) is 9.13. The van der Waals surface area contributed by atoms with Crippen molar-refractivity contribution in [3.63, 3.8) is 0 Å². The zero-order valence-corrected chi connectivity index (χ0v) is 22.7. The van der Waals surface area contributed by atoms with E-state index < -0.39 is 40.4 Å². The van der Waals surface area contributed by atoms with Crippen LogP contribution in [0.2, 0.25) is 5.02 Å². The number of carboxylic acid groups (broad SMARTS) is 1. The Hall–Kier alpha value is -2.87. The van der Waals surface area contributed by atoms with Gasteiger partial charge in [-0.05, 0) is 49.7 Å². The smallest absolute Gasteiger partial charge is 0.338 e. The summed E-state index contributed by atoms with van der Waals surface area (Å²) in [5.41, 5.74) is 1.28. The van der Waals surface area contributed by atoms with Crippen molar-refractivity contribution in [1.82, 2.24) is 15.0 Å². The highest BCUT2D eigenvalue weighted by atomic mass is 35.5. The van der Waals surface area contributed by atoms with Gasteiger partial charge in [-0.15, -0.1) is 11.3 Å². The van der Waals surface area contributed by atoms with Gasteiger partial charge in [-0.25, -0.2) is 27.3 Å². The summed E-state index contributed by atoms with van der Waals surface area (Å²) in [6.07, 6.45) is 3.86. The number of nitrogens with zero attached hydrogens (tertiary/aromatic N) is 2. The third kappa shape index (κ3) is 6.57. The highest BCUT2D eigenvalue weighted by Gasteiger charge is 2.38. The fraction of sp³-hybridized carbons (Fsp3) is 0.417. The molecule has 1 atom stereocenters. The third-order valence-electron chi connectivity index (χ3n) is 6.53. The maximum Gasteiger partial charge on any atom is 0.338 e. The second kappa shape index (κ2) is 11.9. The molecule has 0 saturated heterocycles. The first-order valence-electron chi connectivity index (χ1n) is 11.8. The number of amidine groups is 1. The van der Waals surface area contributed by atoms with Gasteiger partial charge in [-0.3, -0.25) is 9.79 Å². The predicted octanol–water partition coefficient (Wildman–Crippen LogP) is 3.26. The number of hydrogen-bond donors (Lipinski definition) is 3. The van der Waals surface area contributed by atoms with E-state index in [2.05, 4.69) is 15.0 Å². The molecular weight excluding hydrogens is 559 g/mol. The molecule has 1 saturated carbocycles. The molecule has 3 N–H and O–H groups in total. The standard InChI is InChI=1S/C24H26ClFN4O6S2/c1-36-24(33)19-20(14-4-2-13(3-5-14)12-38(34,35)28-11-18(31)32)29-22(23-27-8-9-37-23)30-21(19)16-7-6-15(26)10-17(16)25/h6-10,13-14,21,28H,2-5,11-12H2,1H3,(H,29,30)(H,31,32). The Morgan fingerprint density at radius 1 is 1.29 bits per heavy atom. The molecule has 2 heterocycles. The van der Waals surface area contributed by atoms with E-state index in [1.54, 1.807) is 11.6 Å². The molecule has 0 bridgehead atoms. The number of hydrogen-bond acceptors (Lipinski definition) is 9. The summed E-state index contributed by atoms with van der Waals surface area (Å²) in [5, 5.41) is 14.5. The number of halogens is 2. The number of esters is 1. The number of carbonyl (C=O) groups is 2. The minimum absolute atomic E-state index is 0.114. The van der Waals surface area contributed by atoms with E-state index in [4.69, 9.17) is 26.4 Å². The minimum Gasteiger partial charge on any atom is -0.480 e. The highest BCUT2D eigenvalue weighted by Crippen LogP contribution is 2.42. The summed E-state index contributed by atoms with van der Waals surface area (Å²) in [6, 6.07) is 3.03. The van der Waals surface area contributed by atoms with Crippen molar-refractivity contribution in [3.05, 3.63) is 62.5 Å². The molecule has 1 fully saturated rings. The molecule has 14 heteroatoms. The lowest BCUT2D eigenvalue weighted by molar-refractivity contribution is -0.137. The summed E-state index contributed by atoms with van der Waals surface area (Å²) >= 11 is 7.75. The van der Waals surface area contributed by atoms with Gasteiger partial charge in [-0.2, -0.15) is 0 Å². The van der Waals surface area contributed by atoms with E-state index >= 15 is 0 Å². The number of carbonyl (C=O) groups excluding carboxylic acids is 1. The monoisotopic (exact) mass is 584 g/mol. The molecule has 1 aliphatic heterocycles. The Labute approximate surface area is 228 Å². The van der Waals surface area contributed by atoms with E-state index in [0.29, 0.717) is 47.8 Å². The number of carboxylic acids is 1. The SMILES string of the molecule is COC(=O)C1=C(C2CCC(CS(=O)(=O)NCC(=O)O)CC2)NC(c2nccs2)=NC1c1ccc(F)cc1Cl. The van der Waals surface area contributed by atoms with E-state index in [-0.39, 0.29) is 28.2 Å². The molecule has 1 aliphatic carbocycles. The van der Waals surface area contributed by atoms with Crippen LogP contribution >= 0.6 is 22.9 Å². The van der Waals surface area contributed by atoms with Gasteiger partial charge in [-0.1, -0.05) is 17.7 Å². The Kier molecular flexibility index (Phi) is 8.81. The molecule has 2 aromatic rings. The van der Waals surface area contributed by atoms with Crippen molar-refractivity contribution in [3.8, 4) is 0 Å². The van der Waals surface area contributed by atoms with Crippen molar-refractivity contribution in [1.29, 1.82) is 0 Å². The normalized spacial score (nSPS) is 22.0. The molecule has 1 aromatic carbocycles. The van der Waals surface area contributed by atoms with Crippen LogP contribution in [0.3, 0.4) is 0 Å². The summed E-state index contributed by atoms with van der Waals surface area (Å²) in [5.74, 6) is -2.44. The number of aliphatic carboxylic acids is 1. The van der Waals surface area contributed by atoms with Gasteiger partial charge < -0.3 is 15.2 Å². The average Bonchev–Trinajstić information content (AvgIpc) is 3.42. The van der Waals surface area contributed by atoms with Crippen molar-refractivity contribution in [2.45, 2.75) is 31.7 Å². The number of rotatable bonds is 9. The van der Waals surface area contributed by atoms with E-state index in [1.807, 2.05) is 0 Å². The van der Waals surface area contributed by atoms with Crippen molar-refractivity contribution in [2.75, 3.05) is 19.4 Å². The van der Waals surface area contributed by atoms with Gasteiger partial charge >= 0.3 is 11.9 Å². The Morgan fingerprint density at radius 2 is 2.03 bits per heavy atom. The lowest BCUT2D eigenvalue weighted by Gasteiger charge is -2.35. The number of sulfonamides is 1. The molecule has 38 heavy (non-hydrogen) atoms. The van der Waals surface area contributed by atoms with Crippen LogP contribution in [-0.4, -0.2) is 55.7 Å². The average molecular weight is 585 g/mol. The fourth-order valence-electron chi connectivity index (χ4n) is 4.78. The molecule has 10 nitrogen and oxygen atoms in total. The van der Waals surface area contributed by atoms with Crippen LogP contribution < -0.4 is 10.0 Å². The lowest BCUT2D eigenvalue weighted by Crippen LogP contribution is -2.39. The minimum atomic E-state index is -3.74. The molecular formula is C24H26ClFN4O6S2. The first-order valence-corrected chi connectivity index (χ1v) is 14.7. The lowest BCUT2D eigenvalue weighted by atomic mass is 9.78. The van der Waals surface area contributed by atoms with Gasteiger partial charge in [0, 0.05) is 27.9 Å². The number of ether oxygens (including phenoxy) is 1. The first-order chi connectivity index (χ1) is 18.1. The number of allylic oxidation sites excluding steroid dienone is 1. The maximum atomic E-state index is 13.8. The second-order valence-electron chi connectivity index (χ2n) is 9.04. The summed E-state index contributed by atoms with van der Waals surface area (Å²) in [7, 11) is -2.48.